The zero-order valence-corrected chi connectivity index (χ0v) is 15.8. The van der Waals surface area contributed by atoms with E-state index >= 15 is 0 Å². The summed E-state index contributed by atoms with van der Waals surface area (Å²) in [4.78, 5) is 15.5. The van der Waals surface area contributed by atoms with Gasteiger partial charge in [-0.05, 0) is 25.5 Å². The molecule has 0 bridgehead atoms. The third-order valence-electron chi connectivity index (χ3n) is 3.96. The third-order valence-corrected chi connectivity index (χ3v) is 3.96. The van der Waals surface area contributed by atoms with E-state index in [9.17, 15) is 4.79 Å². The highest BCUT2D eigenvalue weighted by Crippen LogP contribution is 2.09. The molecule has 1 heterocycles. The van der Waals surface area contributed by atoms with Crippen molar-refractivity contribution < 1.29 is 9.21 Å². The van der Waals surface area contributed by atoms with E-state index in [0.717, 1.165) is 25.5 Å². The summed E-state index contributed by atoms with van der Waals surface area (Å²) in [5, 5.41) is 6.55. The lowest BCUT2D eigenvalue weighted by Gasteiger charge is -2.10. The molecule has 0 fully saturated rings. The zero-order valence-electron chi connectivity index (χ0n) is 15.8. The van der Waals surface area contributed by atoms with E-state index in [-0.39, 0.29) is 5.76 Å². The second kappa shape index (κ2) is 13.3. The Balaban J connectivity index is 2.23. The van der Waals surface area contributed by atoms with Gasteiger partial charge in [0, 0.05) is 13.1 Å². The lowest BCUT2D eigenvalue weighted by atomic mass is 10.1. The number of nitrogens with two attached hydrogens (primary N) is 1. The van der Waals surface area contributed by atoms with Gasteiger partial charge in [0.05, 0.1) is 0 Å². The quantitative estimate of drug-likeness (QED) is 0.288. The van der Waals surface area contributed by atoms with Crippen molar-refractivity contribution in [2.45, 2.75) is 71.8 Å². The minimum atomic E-state index is -0.560. The summed E-state index contributed by atoms with van der Waals surface area (Å²) in [7, 11) is 0. The van der Waals surface area contributed by atoms with Crippen molar-refractivity contribution in [1.82, 2.24) is 10.6 Å². The van der Waals surface area contributed by atoms with Gasteiger partial charge in [-0.2, -0.15) is 0 Å². The Morgan fingerprint density at radius 3 is 2.32 bits per heavy atom. The molecule has 0 aliphatic rings. The maximum absolute atomic E-state index is 11.0. The molecule has 0 atom stereocenters. The summed E-state index contributed by atoms with van der Waals surface area (Å²) in [6.45, 7) is 6.36. The van der Waals surface area contributed by atoms with Gasteiger partial charge >= 0.3 is 0 Å². The number of primary amides is 1. The predicted molar refractivity (Wildman–Crippen MR) is 103 cm³/mol. The Labute approximate surface area is 151 Å². The van der Waals surface area contributed by atoms with Crippen LogP contribution in [0.1, 0.15) is 81.5 Å². The van der Waals surface area contributed by atoms with Crippen LogP contribution in [0.2, 0.25) is 0 Å². The number of amides is 1. The van der Waals surface area contributed by atoms with E-state index in [0.29, 0.717) is 12.3 Å². The van der Waals surface area contributed by atoms with Gasteiger partial charge in [0.25, 0.3) is 5.91 Å². The molecule has 142 valence electrons. The SMILES string of the molecule is CCCCCCCCCCNC(=NCc1ccc(C(N)=O)o1)NCC. The molecule has 0 spiro atoms. The van der Waals surface area contributed by atoms with Crippen LogP contribution < -0.4 is 16.4 Å². The van der Waals surface area contributed by atoms with Crippen LogP contribution in [0.25, 0.3) is 0 Å². The van der Waals surface area contributed by atoms with E-state index in [1.165, 1.54) is 44.9 Å². The van der Waals surface area contributed by atoms with Crippen LogP contribution in [0.4, 0.5) is 0 Å². The highest BCUT2D eigenvalue weighted by atomic mass is 16.3. The van der Waals surface area contributed by atoms with Crippen molar-refractivity contribution in [2.75, 3.05) is 13.1 Å². The molecule has 0 saturated carbocycles. The number of unbranched alkanes of at least 4 members (excludes halogenated alkanes) is 7. The Kier molecular flexibility index (Phi) is 11.2. The predicted octanol–water partition coefficient (Wildman–Crippen LogP) is 3.57. The third kappa shape index (κ3) is 9.79. The summed E-state index contributed by atoms with van der Waals surface area (Å²) in [6.07, 6.45) is 10.4. The maximum Gasteiger partial charge on any atom is 0.284 e. The lowest BCUT2D eigenvalue weighted by Crippen LogP contribution is -2.37. The van der Waals surface area contributed by atoms with Crippen molar-refractivity contribution in [2.24, 2.45) is 10.7 Å². The lowest BCUT2D eigenvalue weighted by molar-refractivity contribution is 0.0972. The molecule has 4 N–H and O–H groups in total. The number of guanidine groups is 1. The van der Waals surface area contributed by atoms with Crippen LogP contribution in [0.5, 0.6) is 0 Å². The summed E-state index contributed by atoms with van der Waals surface area (Å²) >= 11 is 0. The van der Waals surface area contributed by atoms with E-state index in [1.54, 1.807) is 12.1 Å². The topological polar surface area (TPSA) is 92.6 Å². The second-order valence-electron chi connectivity index (χ2n) is 6.23. The van der Waals surface area contributed by atoms with Crippen LogP contribution in [-0.4, -0.2) is 25.0 Å². The van der Waals surface area contributed by atoms with Gasteiger partial charge in [-0.1, -0.05) is 51.9 Å². The van der Waals surface area contributed by atoms with Crippen molar-refractivity contribution in [3.8, 4) is 0 Å². The largest absolute Gasteiger partial charge is 0.454 e. The summed E-state index contributed by atoms with van der Waals surface area (Å²) < 4.78 is 5.33. The number of furan rings is 1. The maximum atomic E-state index is 11.0. The molecule has 6 nitrogen and oxygen atoms in total. The normalized spacial score (nSPS) is 11.5. The smallest absolute Gasteiger partial charge is 0.284 e. The Morgan fingerprint density at radius 2 is 1.72 bits per heavy atom. The minimum Gasteiger partial charge on any atom is -0.454 e. The molecule has 0 aliphatic carbocycles. The van der Waals surface area contributed by atoms with Gasteiger partial charge in [0.1, 0.15) is 12.3 Å². The van der Waals surface area contributed by atoms with Gasteiger partial charge in [-0.3, -0.25) is 4.79 Å². The fourth-order valence-electron chi connectivity index (χ4n) is 2.56. The molecule has 1 aromatic heterocycles. The molecule has 1 aromatic rings. The van der Waals surface area contributed by atoms with Gasteiger partial charge in [0.15, 0.2) is 11.7 Å². The monoisotopic (exact) mass is 350 g/mol. The number of nitrogens with zero attached hydrogens (tertiary/aromatic N) is 1. The molecule has 1 amide bonds. The summed E-state index contributed by atoms with van der Waals surface area (Å²) in [5.74, 6) is 0.998. The molecular formula is C19H34N4O2. The van der Waals surface area contributed by atoms with Gasteiger partial charge in [-0.25, -0.2) is 4.99 Å². The molecule has 25 heavy (non-hydrogen) atoms. The van der Waals surface area contributed by atoms with Gasteiger partial charge in [0.2, 0.25) is 0 Å². The Hall–Kier alpha value is -1.98. The van der Waals surface area contributed by atoms with Gasteiger partial charge in [-0.15, -0.1) is 0 Å². The fraction of sp³-hybridized carbons (Fsp3) is 0.684. The average molecular weight is 351 g/mol. The minimum absolute atomic E-state index is 0.169. The number of aliphatic imine (C=N–C) groups is 1. The van der Waals surface area contributed by atoms with Crippen molar-refractivity contribution in [3.05, 3.63) is 23.7 Å². The molecule has 6 heteroatoms. The van der Waals surface area contributed by atoms with Crippen LogP contribution >= 0.6 is 0 Å². The summed E-state index contributed by atoms with van der Waals surface area (Å²) in [6, 6.07) is 3.31. The molecule has 0 saturated heterocycles. The number of nitrogens with one attached hydrogen (secondary N) is 2. The van der Waals surface area contributed by atoms with E-state index < -0.39 is 5.91 Å². The number of carbonyl (C=O) groups excluding carboxylic acids is 1. The molecular weight excluding hydrogens is 316 g/mol. The first-order valence-electron chi connectivity index (χ1n) is 9.58. The Morgan fingerprint density at radius 1 is 1.04 bits per heavy atom. The first kappa shape index (κ1) is 21.1. The molecule has 0 unspecified atom stereocenters. The first-order valence-corrected chi connectivity index (χ1v) is 9.58. The zero-order chi connectivity index (χ0) is 18.3. The fourth-order valence-corrected chi connectivity index (χ4v) is 2.56. The number of hydrogen-bond donors (Lipinski definition) is 3. The average Bonchev–Trinajstić information content (AvgIpc) is 3.07. The van der Waals surface area contributed by atoms with Crippen LogP contribution in [0.3, 0.4) is 0 Å². The van der Waals surface area contributed by atoms with Crippen molar-refractivity contribution >= 4 is 11.9 Å². The number of rotatable bonds is 13. The highest BCUT2D eigenvalue weighted by Gasteiger charge is 2.06. The molecule has 1 rings (SSSR count). The second-order valence-corrected chi connectivity index (χ2v) is 6.23. The molecule has 0 radical (unpaired) electrons. The summed E-state index contributed by atoms with van der Waals surface area (Å²) in [5.41, 5.74) is 5.18. The van der Waals surface area contributed by atoms with E-state index in [1.807, 2.05) is 6.92 Å². The van der Waals surface area contributed by atoms with Crippen molar-refractivity contribution in [3.63, 3.8) is 0 Å². The standard InChI is InChI=1S/C19H34N4O2/c1-3-5-6-7-8-9-10-11-14-22-19(21-4-2)23-15-16-12-13-17(25-16)18(20)24/h12-13H,3-11,14-15H2,1-2H3,(H2,20,24)(H2,21,22,23). The number of carbonyl (C=O) groups is 1. The van der Waals surface area contributed by atoms with E-state index in [2.05, 4.69) is 22.5 Å². The van der Waals surface area contributed by atoms with Crippen LogP contribution in [0, 0.1) is 0 Å². The Bertz CT molecular complexity index is 511. The van der Waals surface area contributed by atoms with Crippen LogP contribution in [0.15, 0.2) is 21.5 Å². The highest BCUT2D eigenvalue weighted by molar-refractivity contribution is 5.89. The van der Waals surface area contributed by atoms with E-state index in [4.69, 9.17) is 10.2 Å². The number of hydrogen-bond acceptors (Lipinski definition) is 3. The first-order chi connectivity index (χ1) is 12.2. The van der Waals surface area contributed by atoms with Crippen LogP contribution in [-0.2, 0) is 6.54 Å². The molecule has 0 aromatic carbocycles. The molecule has 0 aliphatic heterocycles. The van der Waals surface area contributed by atoms with Gasteiger partial charge < -0.3 is 20.8 Å². The van der Waals surface area contributed by atoms with Crippen molar-refractivity contribution in [1.29, 1.82) is 0 Å².